The fourth-order valence-electron chi connectivity index (χ4n) is 2.57. The molecule has 2 rings (SSSR count). The van der Waals surface area contributed by atoms with Crippen molar-refractivity contribution in [3.05, 3.63) is 62.7 Å². The third kappa shape index (κ3) is 5.17. The van der Waals surface area contributed by atoms with E-state index in [9.17, 15) is 18.5 Å². The van der Waals surface area contributed by atoms with Gasteiger partial charge in [-0.05, 0) is 17.7 Å². The van der Waals surface area contributed by atoms with Crippen molar-refractivity contribution in [2.24, 2.45) is 0 Å². The Hall–Kier alpha value is -3.27. The minimum absolute atomic E-state index is 0.112. The van der Waals surface area contributed by atoms with Gasteiger partial charge in [0.25, 0.3) is 0 Å². The van der Waals surface area contributed by atoms with Crippen molar-refractivity contribution < 1.29 is 32.3 Å². The summed E-state index contributed by atoms with van der Waals surface area (Å²) in [5.74, 6) is 0.716. The molecule has 156 valence electrons. The Balaban J connectivity index is 2.55. The van der Waals surface area contributed by atoms with Crippen molar-refractivity contribution in [3.63, 3.8) is 0 Å². The number of benzene rings is 2. The minimum Gasteiger partial charge on any atom is -0.497 e. The predicted octanol–water partition coefficient (Wildman–Crippen LogP) is 2.91. The zero-order chi connectivity index (χ0) is 21.6. The molecular formula is C19H21NO8S. The fourth-order valence-corrected chi connectivity index (χ4v) is 3.87. The first kappa shape index (κ1) is 22.0. The molecule has 2 aromatic carbocycles. The van der Waals surface area contributed by atoms with Gasteiger partial charge < -0.3 is 18.9 Å². The molecule has 0 bridgehead atoms. The lowest BCUT2D eigenvalue weighted by Gasteiger charge is -2.12. The Morgan fingerprint density at radius 2 is 1.45 bits per heavy atom. The Labute approximate surface area is 168 Å². The van der Waals surface area contributed by atoms with E-state index in [1.807, 2.05) is 0 Å². The van der Waals surface area contributed by atoms with Crippen LogP contribution in [0.25, 0.3) is 6.08 Å². The van der Waals surface area contributed by atoms with Crippen molar-refractivity contribution in [1.29, 1.82) is 0 Å². The smallest absolute Gasteiger partial charge is 0.360 e. The second-order valence-electron chi connectivity index (χ2n) is 5.79. The maximum absolute atomic E-state index is 12.8. The molecule has 0 spiro atoms. The highest BCUT2D eigenvalue weighted by Gasteiger charge is 2.31. The molecular weight excluding hydrogens is 402 g/mol. The largest absolute Gasteiger partial charge is 0.497 e. The van der Waals surface area contributed by atoms with Crippen LogP contribution in [0.5, 0.6) is 23.0 Å². The molecule has 0 radical (unpaired) electrons. The van der Waals surface area contributed by atoms with Gasteiger partial charge in [-0.3, -0.25) is 10.1 Å². The van der Waals surface area contributed by atoms with Gasteiger partial charge in [0, 0.05) is 18.2 Å². The monoisotopic (exact) mass is 423 g/mol. The molecule has 0 aliphatic carbocycles. The van der Waals surface area contributed by atoms with Gasteiger partial charge in [-0.15, -0.1) is 0 Å². The van der Waals surface area contributed by atoms with Gasteiger partial charge in [-0.25, -0.2) is 8.42 Å². The Bertz CT molecular complexity index is 988. The number of sulfone groups is 1. The summed E-state index contributed by atoms with van der Waals surface area (Å²) in [6.07, 6.45) is 0.927. The molecule has 0 saturated carbocycles. The molecule has 0 amide bonds. The minimum atomic E-state index is -4.28. The SMILES string of the molecule is COc1ccc(CS(=O)(=O)/C(=C\c2c(OC)cc(OC)cc2OC)[N+](=O)[O-])cc1. The molecule has 0 aromatic heterocycles. The van der Waals surface area contributed by atoms with E-state index in [1.165, 1.54) is 52.7 Å². The normalized spacial score (nSPS) is 11.7. The molecule has 0 atom stereocenters. The number of ether oxygens (including phenoxy) is 4. The fraction of sp³-hybridized carbons (Fsp3) is 0.263. The van der Waals surface area contributed by atoms with E-state index in [0.29, 0.717) is 17.1 Å². The molecule has 0 fully saturated rings. The lowest BCUT2D eigenvalue weighted by molar-refractivity contribution is -0.410. The van der Waals surface area contributed by atoms with Gasteiger partial charge in [0.2, 0.25) is 9.84 Å². The van der Waals surface area contributed by atoms with Crippen LogP contribution in [0.15, 0.2) is 41.4 Å². The number of rotatable bonds is 9. The first-order chi connectivity index (χ1) is 13.7. The van der Waals surface area contributed by atoms with Crippen molar-refractivity contribution in [2.45, 2.75) is 5.75 Å². The van der Waals surface area contributed by atoms with E-state index in [4.69, 9.17) is 18.9 Å². The first-order valence-electron chi connectivity index (χ1n) is 8.27. The van der Waals surface area contributed by atoms with Crippen molar-refractivity contribution in [1.82, 2.24) is 0 Å². The van der Waals surface area contributed by atoms with E-state index in [0.717, 1.165) is 6.08 Å². The molecule has 0 saturated heterocycles. The Kier molecular flexibility index (Phi) is 7.05. The summed E-state index contributed by atoms with van der Waals surface area (Å²) in [6.45, 7) is 0. The van der Waals surface area contributed by atoms with Gasteiger partial charge >= 0.3 is 5.03 Å². The number of nitrogens with zero attached hydrogens (tertiary/aromatic N) is 1. The van der Waals surface area contributed by atoms with Crippen LogP contribution in [-0.2, 0) is 15.6 Å². The standard InChI is InChI=1S/C19H21NO8S/c1-25-14-7-5-13(6-8-14)12-29(23,24)19(20(21)22)11-16-17(27-3)9-15(26-2)10-18(16)28-4/h5-11H,12H2,1-4H3/b19-11-. The number of hydrogen-bond donors (Lipinski definition) is 0. The quantitative estimate of drug-likeness (QED) is 0.447. The molecule has 0 aliphatic heterocycles. The van der Waals surface area contributed by atoms with Crippen LogP contribution in [0.4, 0.5) is 0 Å². The van der Waals surface area contributed by atoms with Crippen molar-refractivity contribution in [3.8, 4) is 23.0 Å². The van der Waals surface area contributed by atoms with E-state index in [2.05, 4.69) is 0 Å². The van der Waals surface area contributed by atoms with Gasteiger partial charge in [0.15, 0.2) is 0 Å². The highest BCUT2D eigenvalue weighted by Crippen LogP contribution is 2.36. The topological polar surface area (TPSA) is 114 Å². The molecule has 9 nitrogen and oxygen atoms in total. The third-order valence-electron chi connectivity index (χ3n) is 4.04. The van der Waals surface area contributed by atoms with Crippen molar-refractivity contribution in [2.75, 3.05) is 28.4 Å². The summed E-state index contributed by atoms with van der Waals surface area (Å²) in [6, 6.07) is 9.17. The van der Waals surface area contributed by atoms with Crippen LogP contribution in [0.3, 0.4) is 0 Å². The lowest BCUT2D eigenvalue weighted by Crippen LogP contribution is -2.14. The summed E-state index contributed by atoms with van der Waals surface area (Å²) < 4.78 is 46.2. The molecule has 0 N–H and O–H groups in total. The summed E-state index contributed by atoms with van der Waals surface area (Å²) in [5, 5.41) is 10.6. The van der Waals surface area contributed by atoms with E-state index >= 15 is 0 Å². The second kappa shape index (κ2) is 9.28. The van der Waals surface area contributed by atoms with E-state index in [1.54, 1.807) is 12.1 Å². The number of hydrogen-bond acceptors (Lipinski definition) is 8. The number of nitro groups is 1. The van der Waals surface area contributed by atoms with Crippen LogP contribution in [0.1, 0.15) is 11.1 Å². The average Bonchev–Trinajstić information content (AvgIpc) is 2.71. The molecule has 0 heterocycles. The second-order valence-corrected chi connectivity index (χ2v) is 7.73. The van der Waals surface area contributed by atoms with Gasteiger partial charge in [0.05, 0.1) is 44.7 Å². The molecule has 29 heavy (non-hydrogen) atoms. The van der Waals surface area contributed by atoms with Crippen LogP contribution in [0.2, 0.25) is 0 Å². The van der Waals surface area contributed by atoms with Crippen LogP contribution < -0.4 is 18.9 Å². The van der Waals surface area contributed by atoms with Gasteiger partial charge in [0.1, 0.15) is 23.0 Å². The highest BCUT2D eigenvalue weighted by atomic mass is 32.2. The number of methoxy groups -OCH3 is 4. The predicted molar refractivity (Wildman–Crippen MR) is 107 cm³/mol. The van der Waals surface area contributed by atoms with Gasteiger partial charge in [-0.1, -0.05) is 12.1 Å². The van der Waals surface area contributed by atoms with Crippen molar-refractivity contribution >= 4 is 15.9 Å². The zero-order valence-corrected chi connectivity index (χ0v) is 17.2. The molecule has 2 aromatic rings. The third-order valence-corrected chi connectivity index (χ3v) is 5.65. The Morgan fingerprint density at radius 1 is 0.931 bits per heavy atom. The summed E-state index contributed by atoms with van der Waals surface area (Å²) in [4.78, 5) is 10.7. The van der Waals surface area contributed by atoms with Gasteiger partial charge in [-0.2, -0.15) is 0 Å². The molecule has 10 heteroatoms. The van der Waals surface area contributed by atoms with E-state index in [-0.39, 0.29) is 17.1 Å². The highest BCUT2D eigenvalue weighted by molar-refractivity contribution is 7.94. The average molecular weight is 423 g/mol. The molecule has 0 unspecified atom stereocenters. The van der Waals surface area contributed by atoms with Crippen LogP contribution in [0, 0.1) is 10.1 Å². The summed E-state index contributed by atoms with van der Waals surface area (Å²) in [7, 11) is 1.34. The first-order valence-corrected chi connectivity index (χ1v) is 9.92. The maximum Gasteiger partial charge on any atom is 0.360 e. The maximum atomic E-state index is 12.8. The molecule has 0 aliphatic rings. The zero-order valence-electron chi connectivity index (χ0n) is 16.4. The lowest BCUT2D eigenvalue weighted by atomic mass is 10.1. The van der Waals surface area contributed by atoms with E-state index < -0.39 is 25.5 Å². The Morgan fingerprint density at radius 3 is 1.86 bits per heavy atom. The van der Waals surface area contributed by atoms with Crippen LogP contribution in [-0.4, -0.2) is 41.8 Å². The summed E-state index contributed by atoms with van der Waals surface area (Å²) >= 11 is 0. The van der Waals surface area contributed by atoms with Crippen LogP contribution >= 0.6 is 0 Å². The summed E-state index contributed by atoms with van der Waals surface area (Å²) in [5.41, 5.74) is 0.494.